The molecule has 1 unspecified atom stereocenters. The standard InChI is InChI=1S/C26H28ClFN4O5/c1-4-18(35)30-8-9-31-14(11-30)13-37-23-20(25(31)36)24(32-12-15(33)10-26(32,2)3)29-22(21(23)27)19-16(28)6-5-7-17(19)34/h4-7,14-15,33-34H,1,8-13H2,2-3H3/t14-,15?/m1/s1. The Hall–Kier alpha value is -3.37. The lowest BCUT2D eigenvalue weighted by Gasteiger charge is -2.40. The molecule has 1 aromatic heterocycles. The van der Waals surface area contributed by atoms with Crippen LogP contribution < -0.4 is 9.64 Å². The lowest BCUT2D eigenvalue weighted by atomic mass is 10.00. The Morgan fingerprint density at radius 2 is 2.05 bits per heavy atom. The van der Waals surface area contributed by atoms with Crippen LogP contribution in [0.2, 0.25) is 5.02 Å². The molecule has 11 heteroatoms. The summed E-state index contributed by atoms with van der Waals surface area (Å²) in [5.74, 6) is -1.50. The molecule has 2 fully saturated rings. The third-order valence-corrected chi connectivity index (χ3v) is 7.63. The number of piperazine rings is 1. The molecular weight excluding hydrogens is 503 g/mol. The van der Waals surface area contributed by atoms with Crippen molar-refractivity contribution in [3.63, 3.8) is 0 Å². The zero-order valence-corrected chi connectivity index (χ0v) is 21.3. The van der Waals surface area contributed by atoms with E-state index >= 15 is 0 Å². The van der Waals surface area contributed by atoms with E-state index in [1.165, 1.54) is 24.3 Å². The molecule has 1 aromatic carbocycles. The lowest BCUT2D eigenvalue weighted by Crippen LogP contribution is -2.57. The Labute approximate surface area is 218 Å². The maximum Gasteiger partial charge on any atom is 0.261 e. The number of halogens is 2. The van der Waals surface area contributed by atoms with Crippen molar-refractivity contribution in [2.75, 3.05) is 37.7 Å². The fourth-order valence-electron chi connectivity index (χ4n) is 5.47. The van der Waals surface area contributed by atoms with E-state index < -0.39 is 23.5 Å². The topological polar surface area (TPSA) is 106 Å². The molecule has 4 heterocycles. The van der Waals surface area contributed by atoms with Gasteiger partial charge >= 0.3 is 0 Å². The van der Waals surface area contributed by atoms with Crippen molar-refractivity contribution in [2.45, 2.75) is 38.0 Å². The molecule has 0 aliphatic carbocycles. The number of amides is 2. The van der Waals surface area contributed by atoms with Crippen LogP contribution in [-0.4, -0.2) is 87.3 Å². The molecule has 2 N–H and O–H groups in total. The highest BCUT2D eigenvalue weighted by Crippen LogP contribution is 2.48. The average molecular weight is 531 g/mol. The molecule has 0 saturated carbocycles. The number of carbonyl (C=O) groups is 2. The van der Waals surface area contributed by atoms with E-state index in [4.69, 9.17) is 16.3 Å². The van der Waals surface area contributed by atoms with Crippen LogP contribution in [0.1, 0.15) is 30.6 Å². The number of carbonyl (C=O) groups excluding carboxylic acids is 2. The van der Waals surface area contributed by atoms with Crippen LogP contribution in [0.4, 0.5) is 10.2 Å². The fourth-order valence-corrected chi connectivity index (χ4v) is 5.75. The summed E-state index contributed by atoms with van der Waals surface area (Å²) in [5, 5.41) is 20.9. The minimum absolute atomic E-state index is 0.0301. The average Bonchev–Trinajstić information content (AvgIpc) is 3.04. The van der Waals surface area contributed by atoms with Crippen LogP contribution >= 0.6 is 11.6 Å². The number of aliphatic hydroxyl groups is 1. The summed E-state index contributed by atoms with van der Waals surface area (Å²) in [6.45, 7) is 8.44. The van der Waals surface area contributed by atoms with E-state index in [1.54, 1.807) is 14.7 Å². The van der Waals surface area contributed by atoms with E-state index in [0.717, 1.165) is 0 Å². The monoisotopic (exact) mass is 530 g/mol. The van der Waals surface area contributed by atoms with Crippen molar-refractivity contribution in [3.05, 3.63) is 47.3 Å². The van der Waals surface area contributed by atoms with Gasteiger partial charge in [0.25, 0.3) is 5.91 Å². The predicted octanol–water partition coefficient (Wildman–Crippen LogP) is 2.83. The Morgan fingerprint density at radius 1 is 1.30 bits per heavy atom. The normalized spacial score (nSPS) is 22.7. The van der Waals surface area contributed by atoms with Crippen LogP contribution in [0.5, 0.6) is 11.5 Å². The van der Waals surface area contributed by atoms with Gasteiger partial charge in [0, 0.05) is 31.7 Å². The van der Waals surface area contributed by atoms with Gasteiger partial charge in [-0.15, -0.1) is 0 Å². The Bertz CT molecular complexity index is 1280. The first kappa shape index (κ1) is 25.3. The zero-order valence-electron chi connectivity index (χ0n) is 20.6. The molecule has 0 spiro atoms. The van der Waals surface area contributed by atoms with Crippen LogP contribution in [0.25, 0.3) is 11.3 Å². The van der Waals surface area contributed by atoms with Crippen LogP contribution in [0.3, 0.4) is 0 Å². The highest BCUT2D eigenvalue weighted by molar-refractivity contribution is 6.35. The molecule has 2 aromatic rings. The number of fused-ring (bicyclic) bond motifs is 2. The maximum atomic E-state index is 14.9. The SMILES string of the molecule is C=CC(=O)N1CCN2C(=O)c3c(N4CC(O)CC4(C)C)nc(-c4c(O)cccc4F)c(Cl)c3OC[C@H]2C1. The summed E-state index contributed by atoms with van der Waals surface area (Å²) in [5.41, 5.74) is -0.768. The van der Waals surface area contributed by atoms with Crippen LogP contribution in [0, 0.1) is 5.82 Å². The number of aromatic nitrogens is 1. The van der Waals surface area contributed by atoms with Gasteiger partial charge in [-0.2, -0.15) is 0 Å². The summed E-state index contributed by atoms with van der Waals surface area (Å²) >= 11 is 6.74. The second kappa shape index (κ2) is 9.18. The van der Waals surface area contributed by atoms with Crippen LogP contribution in [-0.2, 0) is 4.79 Å². The van der Waals surface area contributed by atoms with Gasteiger partial charge in [-0.3, -0.25) is 9.59 Å². The van der Waals surface area contributed by atoms with Crippen molar-refractivity contribution in [1.82, 2.24) is 14.8 Å². The first-order valence-corrected chi connectivity index (χ1v) is 12.4. The van der Waals surface area contributed by atoms with Crippen molar-refractivity contribution in [1.29, 1.82) is 0 Å². The Balaban J connectivity index is 1.70. The number of phenols is 1. The van der Waals surface area contributed by atoms with Gasteiger partial charge in [-0.25, -0.2) is 9.37 Å². The molecule has 2 saturated heterocycles. The maximum absolute atomic E-state index is 14.9. The predicted molar refractivity (Wildman–Crippen MR) is 135 cm³/mol. The van der Waals surface area contributed by atoms with Gasteiger partial charge in [0.1, 0.15) is 40.3 Å². The Kier molecular flexibility index (Phi) is 6.27. The van der Waals surface area contributed by atoms with Gasteiger partial charge in [-0.1, -0.05) is 24.2 Å². The number of benzene rings is 1. The number of phenolic OH excluding ortho intramolecular Hbond substituents is 1. The third kappa shape index (κ3) is 4.18. The third-order valence-electron chi connectivity index (χ3n) is 7.28. The number of hydrogen-bond donors (Lipinski definition) is 2. The van der Waals surface area contributed by atoms with Crippen molar-refractivity contribution < 1.29 is 28.9 Å². The zero-order chi connectivity index (χ0) is 26.6. The molecule has 2 atom stereocenters. The van der Waals surface area contributed by atoms with E-state index in [1.807, 2.05) is 13.8 Å². The summed E-state index contributed by atoms with van der Waals surface area (Å²) in [7, 11) is 0. The number of aliphatic hydroxyl groups excluding tert-OH is 1. The minimum Gasteiger partial charge on any atom is -0.507 e. The highest BCUT2D eigenvalue weighted by atomic mass is 35.5. The number of anilines is 1. The molecule has 0 bridgehead atoms. The fraction of sp³-hybridized carbons (Fsp3) is 0.423. The number of β-amino-alcohol motifs (C(OH)–C–C–N with tert-alkyl or cyclic N) is 1. The molecule has 3 aliphatic rings. The number of pyridine rings is 1. The van der Waals surface area contributed by atoms with Crippen molar-refractivity contribution in [2.24, 2.45) is 0 Å². The molecule has 9 nitrogen and oxygen atoms in total. The molecule has 196 valence electrons. The smallest absolute Gasteiger partial charge is 0.261 e. The molecular formula is C26H28ClFN4O5. The molecule has 5 rings (SSSR count). The lowest BCUT2D eigenvalue weighted by molar-refractivity contribution is -0.128. The summed E-state index contributed by atoms with van der Waals surface area (Å²) in [4.78, 5) is 35.9. The van der Waals surface area contributed by atoms with E-state index in [2.05, 4.69) is 11.6 Å². The summed E-state index contributed by atoms with van der Waals surface area (Å²) in [6, 6.07) is 3.41. The van der Waals surface area contributed by atoms with Gasteiger partial charge in [0.15, 0.2) is 5.75 Å². The molecule has 3 aliphatic heterocycles. The molecule has 37 heavy (non-hydrogen) atoms. The number of nitrogens with zero attached hydrogens (tertiary/aromatic N) is 4. The van der Waals surface area contributed by atoms with Gasteiger partial charge in [0.2, 0.25) is 5.91 Å². The second-order valence-electron chi connectivity index (χ2n) is 10.2. The Morgan fingerprint density at radius 3 is 2.70 bits per heavy atom. The number of aromatic hydroxyl groups is 1. The summed E-state index contributed by atoms with van der Waals surface area (Å²) in [6.07, 6.45) is 0.986. The first-order valence-electron chi connectivity index (χ1n) is 12.1. The van der Waals surface area contributed by atoms with Crippen molar-refractivity contribution >= 4 is 29.2 Å². The van der Waals surface area contributed by atoms with Crippen LogP contribution in [0.15, 0.2) is 30.9 Å². The highest BCUT2D eigenvalue weighted by Gasteiger charge is 2.45. The quantitative estimate of drug-likeness (QED) is 0.588. The first-order chi connectivity index (χ1) is 17.5. The number of hydrogen-bond acceptors (Lipinski definition) is 7. The summed E-state index contributed by atoms with van der Waals surface area (Å²) < 4.78 is 21.1. The van der Waals surface area contributed by atoms with E-state index in [0.29, 0.717) is 13.0 Å². The van der Waals surface area contributed by atoms with E-state index in [-0.39, 0.29) is 77.2 Å². The second-order valence-corrected chi connectivity index (χ2v) is 10.5. The molecule has 2 amide bonds. The van der Waals surface area contributed by atoms with Crippen molar-refractivity contribution in [3.8, 4) is 22.8 Å². The van der Waals surface area contributed by atoms with Gasteiger partial charge in [0.05, 0.1) is 17.7 Å². The largest absolute Gasteiger partial charge is 0.507 e. The number of rotatable bonds is 3. The van der Waals surface area contributed by atoms with Gasteiger partial charge in [-0.05, 0) is 38.5 Å². The van der Waals surface area contributed by atoms with Gasteiger partial charge < -0.3 is 29.6 Å². The number of ether oxygens (including phenoxy) is 1. The van der Waals surface area contributed by atoms with E-state index in [9.17, 15) is 24.2 Å². The minimum atomic E-state index is -0.739. The molecule has 0 radical (unpaired) electrons.